The van der Waals surface area contributed by atoms with E-state index in [4.69, 9.17) is 28.6 Å². The largest absolute Gasteiger partial charge is 0.455 e. The first-order chi connectivity index (χ1) is 12.3. The second-order valence-electron chi connectivity index (χ2n) is 6.06. The number of anilines is 1. The fourth-order valence-corrected chi connectivity index (χ4v) is 3.63. The molecule has 2 rings (SSSR count). The highest BCUT2D eigenvalue weighted by atomic mass is 35.5. The van der Waals surface area contributed by atoms with Crippen molar-refractivity contribution in [1.82, 2.24) is 4.90 Å². The van der Waals surface area contributed by atoms with Gasteiger partial charge in [0.25, 0.3) is 5.91 Å². The molecule has 0 saturated carbocycles. The summed E-state index contributed by atoms with van der Waals surface area (Å²) in [5.74, 6) is -0.824. The first-order valence-electron chi connectivity index (χ1n) is 8.17. The lowest BCUT2D eigenvalue weighted by Gasteiger charge is -2.31. The fraction of sp³-hybridized carbons (Fsp3) is 0.471. The van der Waals surface area contributed by atoms with Gasteiger partial charge in [0.1, 0.15) is 10.1 Å². The molecule has 0 unspecified atom stereocenters. The van der Waals surface area contributed by atoms with Crippen LogP contribution in [0.5, 0.6) is 0 Å². The summed E-state index contributed by atoms with van der Waals surface area (Å²) in [6.07, 6.45) is 2.19. The summed E-state index contributed by atoms with van der Waals surface area (Å²) in [6.45, 7) is 3.59. The fourth-order valence-electron chi connectivity index (χ4n) is 2.37. The molecule has 1 fully saturated rings. The maximum absolute atomic E-state index is 13.0. The minimum Gasteiger partial charge on any atom is -0.455 e. The van der Waals surface area contributed by atoms with Gasteiger partial charge in [0, 0.05) is 13.1 Å². The molecular formula is C17H20ClFN2O3S2. The van der Waals surface area contributed by atoms with E-state index in [2.05, 4.69) is 17.1 Å². The number of esters is 1. The van der Waals surface area contributed by atoms with Crippen molar-refractivity contribution in [2.24, 2.45) is 5.92 Å². The lowest BCUT2D eigenvalue weighted by Crippen LogP contribution is -2.36. The molecular weight excluding hydrogens is 399 g/mol. The van der Waals surface area contributed by atoms with Gasteiger partial charge >= 0.3 is 5.97 Å². The number of likely N-dealkylation sites (tertiary alicyclic amines) is 1. The van der Waals surface area contributed by atoms with Crippen molar-refractivity contribution < 1.29 is 18.7 Å². The SMILES string of the molecule is CC1CCN(C(=S)SCC(=O)OCC(=O)Nc2ccc(F)cc2Cl)CC1. The highest BCUT2D eigenvalue weighted by Gasteiger charge is 2.19. The summed E-state index contributed by atoms with van der Waals surface area (Å²) in [5, 5.41) is 2.53. The van der Waals surface area contributed by atoms with Crippen molar-refractivity contribution in [3.63, 3.8) is 0 Å². The summed E-state index contributed by atoms with van der Waals surface area (Å²) >= 11 is 12.4. The highest BCUT2D eigenvalue weighted by Crippen LogP contribution is 2.22. The van der Waals surface area contributed by atoms with Gasteiger partial charge in [0.05, 0.1) is 16.5 Å². The number of halogens is 2. The first kappa shape index (κ1) is 20.9. The number of nitrogens with one attached hydrogen (secondary N) is 1. The van der Waals surface area contributed by atoms with E-state index in [0.717, 1.165) is 32.0 Å². The number of benzene rings is 1. The molecule has 0 radical (unpaired) electrons. The average Bonchev–Trinajstić information content (AvgIpc) is 2.61. The van der Waals surface area contributed by atoms with Gasteiger partial charge in [-0.25, -0.2) is 4.39 Å². The molecule has 5 nitrogen and oxygen atoms in total. The van der Waals surface area contributed by atoms with E-state index < -0.39 is 24.3 Å². The third-order valence-electron chi connectivity index (χ3n) is 3.92. The second kappa shape index (κ2) is 10.1. The molecule has 0 atom stereocenters. The Morgan fingerprint density at radius 1 is 1.42 bits per heavy atom. The minimum atomic E-state index is -0.551. The van der Waals surface area contributed by atoms with Gasteiger partial charge in [-0.15, -0.1) is 0 Å². The summed E-state index contributed by atoms with van der Waals surface area (Å²) in [5.41, 5.74) is 0.254. The molecule has 0 aliphatic carbocycles. The lowest BCUT2D eigenvalue weighted by molar-refractivity contribution is -0.144. The van der Waals surface area contributed by atoms with E-state index in [1.54, 1.807) is 0 Å². The normalized spacial score (nSPS) is 14.8. The molecule has 1 aliphatic rings. The van der Waals surface area contributed by atoms with E-state index in [9.17, 15) is 14.0 Å². The number of hydrogen-bond donors (Lipinski definition) is 1. The Hall–Kier alpha value is -1.38. The third kappa shape index (κ3) is 6.74. The van der Waals surface area contributed by atoms with Crippen LogP contribution < -0.4 is 5.32 Å². The molecule has 9 heteroatoms. The Balaban J connectivity index is 1.68. The van der Waals surface area contributed by atoms with Crippen LogP contribution in [0.15, 0.2) is 18.2 Å². The molecule has 1 aromatic rings. The van der Waals surface area contributed by atoms with Gasteiger partial charge in [0.15, 0.2) is 6.61 Å². The Kier molecular flexibility index (Phi) is 8.12. The number of carbonyl (C=O) groups is 2. The van der Waals surface area contributed by atoms with E-state index in [1.165, 1.54) is 23.9 Å². The Morgan fingerprint density at radius 3 is 2.77 bits per heavy atom. The smallest absolute Gasteiger partial charge is 0.316 e. The first-order valence-corrected chi connectivity index (χ1v) is 9.94. The van der Waals surface area contributed by atoms with E-state index in [-0.39, 0.29) is 16.5 Å². The summed E-state index contributed by atoms with van der Waals surface area (Å²) in [7, 11) is 0. The second-order valence-corrected chi connectivity index (χ2v) is 8.07. The molecule has 1 aromatic carbocycles. The standard InChI is InChI=1S/C17H20ClFN2O3S2/c1-11-4-6-21(7-5-11)17(25)26-10-16(23)24-9-15(22)20-14-3-2-12(19)8-13(14)18/h2-3,8,11H,4-7,9-10H2,1H3,(H,20,22). The van der Waals surface area contributed by atoms with E-state index >= 15 is 0 Å². The predicted octanol–water partition coefficient (Wildman–Crippen LogP) is 3.71. The number of ether oxygens (including phenoxy) is 1. The number of hydrogen-bond acceptors (Lipinski definition) is 5. The highest BCUT2D eigenvalue weighted by molar-refractivity contribution is 8.23. The van der Waals surface area contributed by atoms with Gasteiger partial charge < -0.3 is 15.0 Å². The topological polar surface area (TPSA) is 58.6 Å². The van der Waals surface area contributed by atoms with Crippen molar-refractivity contribution >= 4 is 57.5 Å². The quantitative estimate of drug-likeness (QED) is 0.581. The summed E-state index contributed by atoms with van der Waals surface area (Å²) < 4.78 is 18.6. The number of thioether (sulfide) groups is 1. The van der Waals surface area contributed by atoms with Crippen LogP contribution in [0.4, 0.5) is 10.1 Å². The Morgan fingerprint density at radius 2 is 2.12 bits per heavy atom. The lowest BCUT2D eigenvalue weighted by atomic mass is 10.00. The van der Waals surface area contributed by atoms with Gasteiger partial charge in [-0.3, -0.25) is 9.59 Å². The third-order valence-corrected chi connectivity index (χ3v) is 5.73. The van der Waals surface area contributed by atoms with Gasteiger partial charge in [0.2, 0.25) is 0 Å². The number of nitrogens with zero attached hydrogens (tertiary/aromatic N) is 1. The maximum Gasteiger partial charge on any atom is 0.316 e. The molecule has 1 saturated heterocycles. The Bertz CT molecular complexity index is 682. The number of rotatable bonds is 5. The van der Waals surface area contributed by atoms with Crippen LogP contribution in [0.1, 0.15) is 19.8 Å². The van der Waals surface area contributed by atoms with E-state index in [1.807, 2.05) is 0 Å². The van der Waals surface area contributed by atoms with Crippen molar-refractivity contribution in [3.05, 3.63) is 29.0 Å². The zero-order valence-electron chi connectivity index (χ0n) is 14.3. The van der Waals surface area contributed by atoms with Gasteiger partial charge in [-0.05, 0) is 37.0 Å². The molecule has 0 aromatic heterocycles. The van der Waals surface area contributed by atoms with Crippen LogP contribution in [-0.4, -0.2) is 46.5 Å². The molecule has 0 spiro atoms. The van der Waals surface area contributed by atoms with Crippen LogP contribution >= 0.6 is 35.6 Å². The van der Waals surface area contributed by atoms with Gasteiger partial charge in [-0.2, -0.15) is 0 Å². The minimum absolute atomic E-state index is 0.0511. The number of amides is 1. The molecule has 1 amide bonds. The zero-order chi connectivity index (χ0) is 19.1. The van der Waals surface area contributed by atoms with Crippen LogP contribution in [0, 0.1) is 11.7 Å². The van der Waals surface area contributed by atoms with Crippen molar-refractivity contribution in [2.75, 3.05) is 30.8 Å². The van der Waals surface area contributed by atoms with Crippen LogP contribution in [0.25, 0.3) is 0 Å². The predicted molar refractivity (Wildman–Crippen MR) is 106 cm³/mol. The summed E-state index contributed by atoms with van der Waals surface area (Å²) in [6, 6.07) is 3.60. The van der Waals surface area contributed by atoms with Crippen molar-refractivity contribution in [2.45, 2.75) is 19.8 Å². The maximum atomic E-state index is 13.0. The van der Waals surface area contributed by atoms with E-state index in [0.29, 0.717) is 10.2 Å². The van der Waals surface area contributed by atoms with Crippen LogP contribution in [-0.2, 0) is 14.3 Å². The Labute approximate surface area is 166 Å². The van der Waals surface area contributed by atoms with Crippen LogP contribution in [0.2, 0.25) is 5.02 Å². The molecule has 142 valence electrons. The van der Waals surface area contributed by atoms with Crippen molar-refractivity contribution in [3.8, 4) is 0 Å². The van der Waals surface area contributed by atoms with Crippen LogP contribution in [0.3, 0.4) is 0 Å². The molecule has 1 aliphatic heterocycles. The number of carbonyl (C=O) groups excluding carboxylic acids is 2. The summed E-state index contributed by atoms with van der Waals surface area (Å²) in [4.78, 5) is 25.7. The van der Waals surface area contributed by atoms with Crippen molar-refractivity contribution in [1.29, 1.82) is 0 Å². The average molecular weight is 419 g/mol. The number of piperidine rings is 1. The molecule has 26 heavy (non-hydrogen) atoms. The number of thiocarbonyl (C=S) groups is 1. The molecule has 1 N–H and O–H groups in total. The monoisotopic (exact) mass is 418 g/mol. The van der Waals surface area contributed by atoms with Gasteiger partial charge in [-0.1, -0.05) is 42.5 Å². The molecule has 0 bridgehead atoms. The molecule has 1 heterocycles. The zero-order valence-corrected chi connectivity index (χ0v) is 16.7.